The zero-order valence-corrected chi connectivity index (χ0v) is 19.2. The molecule has 1 fully saturated rings. The van der Waals surface area contributed by atoms with Gasteiger partial charge in [0.2, 0.25) is 11.0 Å². The fourth-order valence-corrected chi connectivity index (χ4v) is 4.41. The number of hydrogen-bond donors (Lipinski definition) is 2. The molecule has 2 heterocycles. The van der Waals surface area contributed by atoms with Gasteiger partial charge in [0.25, 0.3) is 0 Å². The summed E-state index contributed by atoms with van der Waals surface area (Å²) in [5, 5.41) is 15.5. The van der Waals surface area contributed by atoms with Crippen molar-refractivity contribution >= 4 is 45.7 Å². The number of carbonyl (C=O) groups is 2. The average Bonchev–Trinajstić information content (AvgIpc) is 3.46. The summed E-state index contributed by atoms with van der Waals surface area (Å²) >= 11 is 7.41. The van der Waals surface area contributed by atoms with Crippen LogP contribution < -0.4 is 15.4 Å². The molecular weight excluding hydrogens is 450 g/mol. The molecule has 1 aromatic heterocycles. The maximum atomic E-state index is 12.9. The monoisotopic (exact) mass is 471 g/mol. The molecule has 1 unspecified atom stereocenters. The average molecular weight is 472 g/mol. The first-order valence-electron chi connectivity index (χ1n) is 10.1. The fraction of sp³-hybridized carbons (Fsp3) is 0.273. The Morgan fingerprint density at radius 3 is 2.81 bits per heavy atom. The Morgan fingerprint density at radius 1 is 1.19 bits per heavy atom. The molecule has 2 N–H and O–H groups in total. The molecule has 0 saturated carbocycles. The lowest BCUT2D eigenvalue weighted by atomic mass is 10.2. The van der Waals surface area contributed by atoms with Crippen LogP contribution in [0.15, 0.2) is 42.5 Å². The van der Waals surface area contributed by atoms with Crippen LogP contribution in [0.4, 0.5) is 15.6 Å². The van der Waals surface area contributed by atoms with Gasteiger partial charge in [0.05, 0.1) is 7.11 Å². The number of urea groups is 1. The van der Waals surface area contributed by atoms with Gasteiger partial charge in [-0.15, -0.1) is 10.2 Å². The van der Waals surface area contributed by atoms with E-state index in [1.807, 2.05) is 37.3 Å². The standard InChI is InChI=1S/C22H22ClN5O3S/c1-13-8-9-15(12-17(13)23)24-22(30)28-10-4-7-18(28)19(29)25-21-27-26-20(32-21)14-5-3-6-16(11-14)31-2/h3,5-6,8-9,11-12,18H,4,7,10H2,1-2H3,(H,24,30)(H,25,27,29). The third-order valence-corrected chi connectivity index (χ3v) is 6.51. The largest absolute Gasteiger partial charge is 0.497 e. The molecule has 0 bridgehead atoms. The minimum Gasteiger partial charge on any atom is -0.497 e. The van der Waals surface area contributed by atoms with E-state index in [0.29, 0.717) is 39.6 Å². The van der Waals surface area contributed by atoms with E-state index in [1.165, 1.54) is 16.2 Å². The lowest BCUT2D eigenvalue weighted by molar-refractivity contribution is -0.119. The minimum absolute atomic E-state index is 0.284. The molecule has 0 radical (unpaired) electrons. The number of ether oxygens (including phenoxy) is 1. The number of likely N-dealkylation sites (tertiary alicyclic amines) is 1. The maximum Gasteiger partial charge on any atom is 0.322 e. The van der Waals surface area contributed by atoms with Gasteiger partial charge in [-0.25, -0.2) is 4.79 Å². The Kier molecular flexibility index (Phi) is 6.57. The smallest absolute Gasteiger partial charge is 0.322 e. The van der Waals surface area contributed by atoms with Crippen LogP contribution in [0.3, 0.4) is 0 Å². The van der Waals surface area contributed by atoms with Crippen LogP contribution in [0.5, 0.6) is 5.75 Å². The van der Waals surface area contributed by atoms with Crippen LogP contribution in [-0.2, 0) is 4.79 Å². The summed E-state index contributed by atoms with van der Waals surface area (Å²) in [5.74, 6) is 0.429. The summed E-state index contributed by atoms with van der Waals surface area (Å²) in [4.78, 5) is 27.2. The quantitative estimate of drug-likeness (QED) is 0.556. The first-order chi connectivity index (χ1) is 15.4. The number of methoxy groups -OCH3 is 1. The number of carbonyl (C=O) groups excluding carboxylic acids is 2. The third-order valence-electron chi connectivity index (χ3n) is 5.21. The van der Waals surface area contributed by atoms with E-state index in [4.69, 9.17) is 16.3 Å². The third kappa shape index (κ3) is 4.84. The number of nitrogens with one attached hydrogen (secondary N) is 2. The number of hydrogen-bond acceptors (Lipinski definition) is 6. The molecule has 166 valence electrons. The summed E-state index contributed by atoms with van der Waals surface area (Å²) < 4.78 is 5.24. The first kappa shape index (κ1) is 22.0. The van der Waals surface area contributed by atoms with Crippen molar-refractivity contribution in [3.8, 4) is 16.3 Å². The van der Waals surface area contributed by atoms with Crippen molar-refractivity contribution in [3.63, 3.8) is 0 Å². The molecule has 8 nitrogen and oxygen atoms in total. The first-order valence-corrected chi connectivity index (χ1v) is 11.3. The van der Waals surface area contributed by atoms with Gasteiger partial charge in [-0.05, 0) is 49.6 Å². The van der Waals surface area contributed by atoms with Crippen molar-refractivity contribution in [1.29, 1.82) is 0 Å². The summed E-state index contributed by atoms with van der Waals surface area (Å²) in [6, 6.07) is 11.9. The summed E-state index contributed by atoms with van der Waals surface area (Å²) in [6.07, 6.45) is 1.32. The number of aryl methyl sites for hydroxylation is 1. The molecule has 32 heavy (non-hydrogen) atoms. The minimum atomic E-state index is -0.583. The normalized spacial score (nSPS) is 15.5. The van der Waals surface area contributed by atoms with Crippen LogP contribution in [0.1, 0.15) is 18.4 Å². The number of rotatable bonds is 5. The lowest BCUT2D eigenvalue weighted by Crippen LogP contribution is -2.45. The molecular formula is C22H22ClN5O3S. The van der Waals surface area contributed by atoms with Crippen LogP contribution in [-0.4, -0.2) is 46.7 Å². The van der Waals surface area contributed by atoms with Gasteiger partial charge in [0.1, 0.15) is 16.8 Å². The molecule has 1 aliphatic rings. The highest BCUT2D eigenvalue weighted by Crippen LogP contribution is 2.29. The molecule has 0 aliphatic carbocycles. The number of anilines is 2. The highest BCUT2D eigenvalue weighted by Gasteiger charge is 2.34. The second-order valence-electron chi connectivity index (χ2n) is 7.38. The van der Waals surface area contributed by atoms with Gasteiger partial charge in [0.15, 0.2) is 0 Å². The van der Waals surface area contributed by atoms with Gasteiger partial charge >= 0.3 is 6.03 Å². The molecule has 4 rings (SSSR count). The van der Waals surface area contributed by atoms with Crippen LogP contribution in [0, 0.1) is 6.92 Å². The molecule has 1 saturated heterocycles. The Balaban J connectivity index is 1.42. The summed E-state index contributed by atoms with van der Waals surface area (Å²) in [6.45, 7) is 2.39. The highest BCUT2D eigenvalue weighted by atomic mass is 35.5. The Labute approximate surface area is 194 Å². The molecule has 3 aromatic rings. The van der Waals surface area contributed by atoms with E-state index in [-0.39, 0.29) is 11.9 Å². The lowest BCUT2D eigenvalue weighted by Gasteiger charge is -2.24. The Bertz CT molecular complexity index is 1150. The molecule has 1 aliphatic heterocycles. The second-order valence-corrected chi connectivity index (χ2v) is 8.76. The topological polar surface area (TPSA) is 96.5 Å². The van der Waals surface area contributed by atoms with E-state index in [9.17, 15) is 9.59 Å². The van der Waals surface area contributed by atoms with Gasteiger partial charge < -0.3 is 15.0 Å². The maximum absolute atomic E-state index is 12.9. The predicted molar refractivity (Wildman–Crippen MR) is 125 cm³/mol. The summed E-state index contributed by atoms with van der Waals surface area (Å²) in [5.41, 5.74) is 2.36. The second kappa shape index (κ2) is 9.54. The van der Waals surface area contributed by atoms with Crippen molar-refractivity contribution in [2.24, 2.45) is 0 Å². The SMILES string of the molecule is COc1cccc(-c2nnc(NC(=O)C3CCCN3C(=O)Nc3ccc(C)c(Cl)c3)s2)c1. The van der Waals surface area contributed by atoms with Crippen LogP contribution in [0.25, 0.3) is 10.6 Å². The van der Waals surface area contributed by atoms with Gasteiger partial charge in [-0.2, -0.15) is 0 Å². The number of halogens is 1. The number of benzene rings is 2. The van der Waals surface area contributed by atoms with Crippen LogP contribution >= 0.6 is 22.9 Å². The van der Waals surface area contributed by atoms with E-state index in [0.717, 1.165) is 17.5 Å². The van der Waals surface area contributed by atoms with Crippen molar-refractivity contribution in [1.82, 2.24) is 15.1 Å². The zero-order chi connectivity index (χ0) is 22.7. The number of nitrogens with zero attached hydrogens (tertiary/aromatic N) is 3. The fourth-order valence-electron chi connectivity index (χ4n) is 3.48. The molecule has 10 heteroatoms. The van der Waals surface area contributed by atoms with Gasteiger partial charge in [0, 0.05) is 22.8 Å². The number of aromatic nitrogens is 2. The Morgan fingerprint density at radius 2 is 2.03 bits per heavy atom. The zero-order valence-electron chi connectivity index (χ0n) is 17.6. The van der Waals surface area contributed by atoms with Crippen molar-refractivity contribution < 1.29 is 14.3 Å². The van der Waals surface area contributed by atoms with E-state index in [1.54, 1.807) is 19.2 Å². The summed E-state index contributed by atoms with van der Waals surface area (Å²) in [7, 11) is 1.60. The van der Waals surface area contributed by atoms with Crippen LogP contribution in [0.2, 0.25) is 5.02 Å². The molecule has 1 atom stereocenters. The van der Waals surface area contributed by atoms with Gasteiger partial charge in [-0.1, -0.05) is 41.1 Å². The Hall–Kier alpha value is -3.17. The highest BCUT2D eigenvalue weighted by molar-refractivity contribution is 7.18. The molecule has 3 amide bonds. The molecule has 0 spiro atoms. The number of amides is 3. The van der Waals surface area contributed by atoms with Crippen molar-refractivity contribution in [3.05, 3.63) is 53.1 Å². The van der Waals surface area contributed by atoms with Gasteiger partial charge in [-0.3, -0.25) is 10.1 Å². The van der Waals surface area contributed by atoms with Crippen molar-refractivity contribution in [2.45, 2.75) is 25.8 Å². The van der Waals surface area contributed by atoms with E-state index in [2.05, 4.69) is 20.8 Å². The van der Waals surface area contributed by atoms with Crippen molar-refractivity contribution in [2.75, 3.05) is 24.3 Å². The predicted octanol–water partition coefficient (Wildman–Crippen LogP) is 4.81. The molecule has 2 aromatic carbocycles. The van der Waals surface area contributed by atoms with E-state index < -0.39 is 6.04 Å². The van der Waals surface area contributed by atoms with E-state index >= 15 is 0 Å².